The Balaban J connectivity index is 1.90. The first-order valence-corrected chi connectivity index (χ1v) is 8.25. The van der Waals surface area contributed by atoms with Gasteiger partial charge >= 0.3 is 0 Å². The van der Waals surface area contributed by atoms with Crippen LogP contribution in [0.4, 0.5) is 4.39 Å². The van der Waals surface area contributed by atoms with E-state index in [2.05, 4.69) is 39.4 Å². The number of likely N-dealkylation sites (N-methyl/N-ethyl adjacent to an activating group) is 1. The molecule has 0 bridgehead atoms. The molecule has 0 aliphatic heterocycles. The predicted molar refractivity (Wildman–Crippen MR) is 87.8 cm³/mol. The highest BCUT2D eigenvalue weighted by Gasteiger charge is 2.08. The molecule has 0 aromatic heterocycles. The van der Waals surface area contributed by atoms with Gasteiger partial charge < -0.3 is 5.32 Å². The molecule has 20 heavy (non-hydrogen) atoms. The highest BCUT2D eigenvalue weighted by atomic mass is 79.9. The van der Waals surface area contributed by atoms with Gasteiger partial charge in [0.05, 0.1) is 0 Å². The second kappa shape index (κ2) is 7.81. The molecule has 2 rings (SSSR count). The fraction of sp³-hybridized carbons (Fsp3) is 0.250. The van der Waals surface area contributed by atoms with E-state index >= 15 is 0 Å². The van der Waals surface area contributed by atoms with E-state index in [1.165, 1.54) is 17.7 Å². The van der Waals surface area contributed by atoms with Crippen LogP contribution in [-0.2, 0) is 6.42 Å². The predicted octanol–water partition coefficient (Wildman–Crippen LogP) is 4.51. The second-order valence-corrected chi connectivity index (χ2v) is 6.59. The van der Waals surface area contributed by atoms with Crippen LogP contribution in [-0.4, -0.2) is 18.8 Å². The van der Waals surface area contributed by atoms with E-state index in [1.807, 2.05) is 25.2 Å². The quantitative estimate of drug-likeness (QED) is 0.766. The zero-order valence-electron chi connectivity index (χ0n) is 11.3. The van der Waals surface area contributed by atoms with Gasteiger partial charge in [-0.2, -0.15) is 0 Å². The molecule has 1 nitrogen and oxygen atoms in total. The zero-order chi connectivity index (χ0) is 14.4. The maximum atomic E-state index is 12.9. The largest absolute Gasteiger partial charge is 0.316 e. The molecule has 2 aromatic rings. The SMILES string of the molecule is CNC(CSc1ccc(F)cc1)Cc1cccc(Br)c1. The summed E-state index contributed by atoms with van der Waals surface area (Å²) in [6.07, 6.45) is 0.976. The van der Waals surface area contributed by atoms with Crippen LogP contribution >= 0.6 is 27.7 Å². The highest BCUT2D eigenvalue weighted by Crippen LogP contribution is 2.20. The molecular formula is C16H17BrFNS. The Hall–Kier alpha value is -0.840. The van der Waals surface area contributed by atoms with Crippen LogP contribution in [0.25, 0.3) is 0 Å². The first-order valence-electron chi connectivity index (χ1n) is 6.47. The van der Waals surface area contributed by atoms with E-state index < -0.39 is 0 Å². The Labute approximate surface area is 132 Å². The van der Waals surface area contributed by atoms with E-state index in [-0.39, 0.29) is 5.82 Å². The number of halogens is 2. The monoisotopic (exact) mass is 353 g/mol. The molecule has 1 atom stereocenters. The Morgan fingerprint density at radius 2 is 1.95 bits per heavy atom. The summed E-state index contributed by atoms with van der Waals surface area (Å²) < 4.78 is 14.0. The van der Waals surface area contributed by atoms with Crippen molar-refractivity contribution in [1.29, 1.82) is 0 Å². The van der Waals surface area contributed by atoms with Gasteiger partial charge in [-0.15, -0.1) is 11.8 Å². The van der Waals surface area contributed by atoms with Crippen molar-refractivity contribution in [2.45, 2.75) is 17.4 Å². The minimum atomic E-state index is -0.186. The molecule has 0 aliphatic rings. The maximum Gasteiger partial charge on any atom is 0.123 e. The maximum absolute atomic E-state index is 12.9. The van der Waals surface area contributed by atoms with Crippen LogP contribution in [0, 0.1) is 5.82 Å². The van der Waals surface area contributed by atoms with Crippen LogP contribution in [0.3, 0.4) is 0 Å². The Kier molecular flexibility index (Phi) is 6.07. The topological polar surface area (TPSA) is 12.0 Å². The van der Waals surface area contributed by atoms with Crippen molar-refractivity contribution < 1.29 is 4.39 Å². The molecule has 0 aliphatic carbocycles. The number of rotatable bonds is 6. The summed E-state index contributed by atoms with van der Waals surface area (Å²) in [5.41, 5.74) is 1.30. The molecule has 1 unspecified atom stereocenters. The third kappa shape index (κ3) is 4.93. The minimum Gasteiger partial charge on any atom is -0.316 e. The Morgan fingerprint density at radius 1 is 1.20 bits per heavy atom. The normalized spacial score (nSPS) is 12.3. The van der Waals surface area contributed by atoms with Gasteiger partial charge in [0.1, 0.15) is 5.82 Å². The van der Waals surface area contributed by atoms with Crippen molar-refractivity contribution in [1.82, 2.24) is 5.32 Å². The summed E-state index contributed by atoms with van der Waals surface area (Å²) in [7, 11) is 1.98. The summed E-state index contributed by atoms with van der Waals surface area (Å²) >= 11 is 5.24. The molecule has 106 valence electrons. The lowest BCUT2D eigenvalue weighted by Gasteiger charge is -2.16. The third-order valence-corrected chi connectivity index (χ3v) is 4.71. The van der Waals surface area contributed by atoms with E-state index in [9.17, 15) is 4.39 Å². The summed E-state index contributed by atoms with van der Waals surface area (Å²) in [6, 6.07) is 15.4. The standard InChI is InChI=1S/C16H17BrFNS/c1-19-15(10-12-3-2-4-13(17)9-12)11-20-16-7-5-14(18)6-8-16/h2-9,15,19H,10-11H2,1H3. The average Bonchev–Trinajstić information content (AvgIpc) is 2.45. The average molecular weight is 354 g/mol. The van der Waals surface area contributed by atoms with Crippen molar-refractivity contribution in [3.63, 3.8) is 0 Å². The molecule has 0 radical (unpaired) electrons. The smallest absolute Gasteiger partial charge is 0.123 e. The minimum absolute atomic E-state index is 0.186. The number of benzene rings is 2. The first kappa shape index (κ1) is 15.5. The molecule has 2 aromatic carbocycles. The van der Waals surface area contributed by atoms with Crippen molar-refractivity contribution >= 4 is 27.7 Å². The van der Waals surface area contributed by atoms with Crippen LogP contribution in [0.1, 0.15) is 5.56 Å². The molecule has 0 amide bonds. The van der Waals surface area contributed by atoms with E-state index in [1.54, 1.807) is 11.8 Å². The van der Waals surface area contributed by atoms with Gasteiger partial charge in [0, 0.05) is 21.2 Å². The van der Waals surface area contributed by atoms with Gasteiger partial charge in [-0.3, -0.25) is 0 Å². The van der Waals surface area contributed by atoms with Crippen LogP contribution in [0.5, 0.6) is 0 Å². The van der Waals surface area contributed by atoms with Crippen molar-refractivity contribution in [3.05, 3.63) is 64.4 Å². The lowest BCUT2D eigenvalue weighted by molar-refractivity contribution is 0.616. The van der Waals surface area contributed by atoms with E-state index in [0.717, 1.165) is 21.5 Å². The lowest BCUT2D eigenvalue weighted by atomic mass is 10.1. The van der Waals surface area contributed by atoms with Crippen LogP contribution in [0.2, 0.25) is 0 Å². The zero-order valence-corrected chi connectivity index (χ0v) is 13.7. The number of hydrogen-bond donors (Lipinski definition) is 1. The molecule has 0 fully saturated rings. The van der Waals surface area contributed by atoms with Crippen LogP contribution in [0.15, 0.2) is 57.9 Å². The Bertz CT molecular complexity index is 544. The van der Waals surface area contributed by atoms with E-state index in [4.69, 9.17) is 0 Å². The number of thioether (sulfide) groups is 1. The third-order valence-electron chi connectivity index (χ3n) is 3.04. The van der Waals surface area contributed by atoms with Crippen molar-refractivity contribution in [2.24, 2.45) is 0 Å². The number of nitrogens with one attached hydrogen (secondary N) is 1. The fourth-order valence-electron chi connectivity index (χ4n) is 1.92. The highest BCUT2D eigenvalue weighted by molar-refractivity contribution is 9.10. The van der Waals surface area contributed by atoms with Gasteiger partial charge in [-0.25, -0.2) is 4.39 Å². The first-order chi connectivity index (χ1) is 9.67. The van der Waals surface area contributed by atoms with Crippen molar-refractivity contribution in [3.8, 4) is 0 Å². The molecule has 0 saturated heterocycles. The fourth-order valence-corrected chi connectivity index (χ4v) is 3.37. The van der Waals surface area contributed by atoms with Gasteiger partial charge in [0.15, 0.2) is 0 Å². The summed E-state index contributed by atoms with van der Waals surface area (Å²) in [5.74, 6) is 0.767. The molecule has 1 N–H and O–H groups in total. The van der Waals surface area contributed by atoms with Crippen LogP contribution < -0.4 is 5.32 Å². The summed E-state index contributed by atoms with van der Waals surface area (Å²) in [5, 5.41) is 3.34. The summed E-state index contributed by atoms with van der Waals surface area (Å²) in [6.45, 7) is 0. The van der Waals surface area contributed by atoms with Gasteiger partial charge in [0.2, 0.25) is 0 Å². The lowest BCUT2D eigenvalue weighted by Crippen LogP contribution is -2.30. The molecule has 0 heterocycles. The van der Waals surface area contributed by atoms with Gasteiger partial charge in [0.25, 0.3) is 0 Å². The number of hydrogen-bond acceptors (Lipinski definition) is 2. The second-order valence-electron chi connectivity index (χ2n) is 4.58. The van der Waals surface area contributed by atoms with Gasteiger partial charge in [-0.05, 0) is 55.4 Å². The molecule has 0 spiro atoms. The van der Waals surface area contributed by atoms with E-state index in [0.29, 0.717) is 6.04 Å². The van der Waals surface area contributed by atoms with Crippen molar-refractivity contribution in [2.75, 3.05) is 12.8 Å². The molecule has 4 heteroatoms. The van der Waals surface area contributed by atoms with Gasteiger partial charge in [-0.1, -0.05) is 28.1 Å². The molecular weight excluding hydrogens is 337 g/mol. The Morgan fingerprint density at radius 3 is 2.60 bits per heavy atom. The summed E-state index contributed by atoms with van der Waals surface area (Å²) in [4.78, 5) is 1.10. The molecule has 0 saturated carbocycles.